The predicted molar refractivity (Wildman–Crippen MR) is 75.0 cm³/mol. The highest BCUT2D eigenvalue weighted by atomic mass is 16.5. The molecule has 1 atom stereocenters. The zero-order chi connectivity index (χ0) is 12.8. The van der Waals surface area contributed by atoms with E-state index in [9.17, 15) is 0 Å². The summed E-state index contributed by atoms with van der Waals surface area (Å²) in [5.41, 5.74) is 6.88. The predicted octanol–water partition coefficient (Wildman–Crippen LogP) is 3.93. The number of hydrogen-bond acceptors (Lipinski definition) is 2. The van der Waals surface area contributed by atoms with Gasteiger partial charge in [-0.2, -0.15) is 0 Å². The van der Waals surface area contributed by atoms with Crippen LogP contribution < -0.4 is 10.5 Å². The molecule has 0 fully saturated rings. The van der Waals surface area contributed by atoms with Crippen LogP contribution in [0.15, 0.2) is 54.6 Å². The maximum absolute atomic E-state index is 5.75. The second-order valence-corrected chi connectivity index (χ2v) is 4.46. The van der Waals surface area contributed by atoms with Gasteiger partial charge in [-0.15, -0.1) is 0 Å². The Balaban J connectivity index is 2.04. The number of rotatable bonds is 5. The van der Waals surface area contributed by atoms with Gasteiger partial charge < -0.3 is 10.5 Å². The standard InChI is InChI=1S/C16H19NO/c1-13(11-12-17)14-7-9-16(10-8-14)18-15-5-3-2-4-6-15/h2-10,13H,11-12,17H2,1H3. The molecule has 0 aromatic heterocycles. The molecule has 0 aliphatic rings. The monoisotopic (exact) mass is 241 g/mol. The van der Waals surface area contributed by atoms with E-state index >= 15 is 0 Å². The Bertz CT molecular complexity index is 464. The van der Waals surface area contributed by atoms with E-state index in [0.29, 0.717) is 5.92 Å². The van der Waals surface area contributed by atoms with Crippen LogP contribution in [0, 0.1) is 0 Å². The van der Waals surface area contributed by atoms with Crippen LogP contribution in [0.25, 0.3) is 0 Å². The molecule has 0 bridgehead atoms. The van der Waals surface area contributed by atoms with Crippen LogP contribution in [0.3, 0.4) is 0 Å². The van der Waals surface area contributed by atoms with Crippen molar-refractivity contribution in [2.24, 2.45) is 5.73 Å². The van der Waals surface area contributed by atoms with Gasteiger partial charge in [-0.05, 0) is 48.7 Å². The molecule has 0 aliphatic heterocycles. The summed E-state index contributed by atoms with van der Waals surface area (Å²) < 4.78 is 5.75. The average molecular weight is 241 g/mol. The van der Waals surface area contributed by atoms with Gasteiger partial charge >= 0.3 is 0 Å². The number of benzene rings is 2. The summed E-state index contributed by atoms with van der Waals surface area (Å²) in [6.45, 7) is 2.92. The third kappa shape index (κ3) is 3.34. The summed E-state index contributed by atoms with van der Waals surface area (Å²) in [7, 11) is 0. The lowest BCUT2D eigenvalue weighted by molar-refractivity contribution is 0.482. The third-order valence-corrected chi connectivity index (χ3v) is 3.03. The van der Waals surface area contributed by atoms with Gasteiger partial charge in [0.05, 0.1) is 0 Å². The Morgan fingerprint density at radius 3 is 2.17 bits per heavy atom. The van der Waals surface area contributed by atoms with Crippen molar-refractivity contribution in [3.05, 3.63) is 60.2 Å². The molecule has 2 heteroatoms. The lowest BCUT2D eigenvalue weighted by atomic mass is 9.98. The van der Waals surface area contributed by atoms with Crippen LogP contribution in [-0.4, -0.2) is 6.54 Å². The maximum atomic E-state index is 5.75. The zero-order valence-corrected chi connectivity index (χ0v) is 10.7. The minimum atomic E-state index is 0.501. The SMILES string of the molecule is CC(CCN)c1ccc(Oc2ccccc2)cc1. The molecule has 2 aromatic carbocycles. The van der Waals surface area contributed by atoms with Gasteiger partial charge in [0.2, 0.25) is 0 Å². The largest absolute Gasteiger partial charge is 0.457 e. The Hall–Kier alpha value is -1.80. The first-order valence-electron chi connectivity index (χ1n) is 6.32. The summed E-state index contributed by atoms with van der Waals surface area (Å²) in [5, 5.41) is 0. The molecule has 2 nitrogen and oxygen atoms in total. The van der Waals surface area contributed by atoms with Crippen molar-refractivity contribution in [1.82, 2.24) is 0 Å². The van der Waals surface area contributed by atoms with Crippen LogP contribution in [0.4, 0.5) is 0 Å². The van der Waals surface area contributed by atoms with E-state index in [1.807, 2.05) is 42.5 Å². The summed E-state index contributed by atoms with van der Waals surface area (Å²) in [6.07, 6.45) is 1.01. The Kier molecular flexibility index (Phi) is 4.37. The Morgan fingerprint density at radius 1 is 0.944 bits per heavy atom. The number of hydrogen-bond donors (Lipinski definition) is 1. The highest BCUT2D eigenvalue weighted by molar-refractivity contribution is 5.33. The van der Waals surface area contributed by atoms with Gasteiger partial charge in [0, 0.05) is 0 Å². The van der Waals surface area contributed by atoms with E-state index in [4.69, 9.17) is 10.5 Å². The van der Waals surface area contributed by atoms with Gasteiger partial charge in [-0.3, -0.25) is 0 Å². The highest BCUT2D eigenvalue weighted by Gasteiger charge is 2.04. The molecule has 0 amide bonds. The van der Waals surface area contributed by atoms with Crippen molar-refractivity contribution in [3.63, 3.8) is 0 Å². The van der Waals surface area contributed by atoms with E-state index < -0.39 is 0 Å². The van der Waals surface area contributed by atoms with Crippen LogP contribution in [0.5, 0.6) is 11.5 Å². The fourth-order valence-electron chi connectivity index (χ4n) is 1.91. The van der Waals surface area contributed by atoms with Crippen molar-refractivity contribution in [3.8, 4) is 11.5 Å². The minimum Gasteiger partial charge on any atom is -0.457 e. The molecular formula is C16H19NO. The van der Waals surface area contributed by atoms with Gasteiger partial charge in [-0.1, -0.05) is 37.3 Å². The zero-order valence-electron chi connectivity index (χ0n) is 10.7. The molecular weight excluding hydrogens is 222 g/mol. The molecule has 18 heavy (non-hydrogen) atoms. The van der Waals surface area contributed by atoms with Crippen molar-refractivity contribution < 1.29 is 4.74 Å². The smallest absolute Gasteiger partial charge is 0.127 e. The van der Waals surface area contributed by atoms with E-state index in [0.717, 1.165) is 24.5 Å². The molecule has 94 valence electrons. The van der Waals surface area contributed by atoms with Crippen molar-refractivity contribution >= 4 is 0 Å². The van der Waals surface area contributed by atoms with Crippen LogP contribution in [0.2, 0.25) is 0 Å². The highest BCUT2D eigenvalue weighted by Crippen LogP contribution is 2.24. The summed E-state index contributed by atoms with van der Waals surface area (Å²) >= 11 is 0. The average Bonchev–Trinajstić information content (AvgIpc) is 2.41. The lowest BCUT2D eigenvalue weighted by Gasteiger charge is -2.11. The molecule has 0 radical (unpaired) electrons. The fraction of sp³-hybridized carbons (Fsp3) is 0.250. The van der Waals surface area contributed by atoms with E-state index in [2.05, 4.69) is 19.1 Å². The molecule has 1 unspecified atom stereocenters. The van der Waals surface area contributed by atoms with Crippen LogP contribution in [-0.2, 0) is 0 Å². The van der Waals surface area contributed by atoms with E-state index in [1.165, 1.54) is 5.56 Å². The second kappa shape index (κ2) is 6.22. The first-order chi connectivity index (χ1) is 8.79. The topological polar surface area (TPSA) is 35.2 Å². The lowest BCUT2D eigenvalue weighted by Crippen LogP contribution is -2.04. The quantitative estimate of drug-likeness (QED) is 0.860. The maximum Gasteiger partial charge on any atom is 0.127 e. The molecule has 0 spiro atoms. The van der Waals surface area contributed by atoms with Gasteiger partial charge in [-0.25, -0.2) is 0 Å². The number of nitrogens with two attached hydrogens (primary N) is 1. The first-order valence-corrected chi connectivity index (χ1v) is 6.32. The second-order valence-electron chi connectivity index (χ2n) is 4.46. The summed E-state index contributed by atoms with van der Waals surface area (Å²) in [5.74, 6) is 2.23. The molecule has 2 aromatic rings. The molecule has 0 heterocycles. The normalized spacial score (nSPS) is 12.1. The molecule has 0 aliphatic carbocycles. The van der Waals surface area contributed by atoms with Crippen molar-refractivity contribution in [2.45, 2.75) is 19.3 Å². The van der Waals surface area contributed by atoms with E-state index in [-0.39, 0.29) is 0 Å². The fourth-order valence-corrected chi connectivity index (χ4v) is 1.91. The van der Waals surface area contributed by atoms with Crippen LogP contribution >= 0.6 is 0 Å². The molecule has 0 saturated carbocycles. The van der Waals surface area contributed by atoms with Gasteiger partial charge in [0.1, 0.15) is 11.5 Å². The first kappa shape index (κ1) is 12.7. The van der Waals surface area contributed by atoms with Gasteiger partial charge in [0.25, 0.3) is 0 Å². The Morgan fingerprint density at radius 2 is 1.56 bits per heavy atom. The molecule has 2 N–H and O–H groups in total. The third-order valence-electron chi connectivity index (χ3n) is 3.03. The Labute approximate surface area is 108 Å². The number of ether oxygens (including phenoxy) is 1. The van der Waals surface area contributed by atoms with Crippen molar-refractivity contribution in [1.29, 1.82) is 0 Å². The summed E-state index contributed by atoms with van der Waals surface area (Å²) in [6, 6.07) is 18.0. The van der Waals surface area contributed by atoms with Gasteiger partial charge in [0.15, 0.2) is 0 Å². The van der Waals surface area contributed by atoms with Crippen molar-refractivity contribution in [2.75, 3.05) is 6.54 Å². The summed E-state index contributed by atoms with van der Waals surface area (Å²) in [4.78, 5) is 0. The minimum absolute atomic E-state index is 0.501. The molecule has 0 saturated heterocycles. The number of para-hydroxylation sites is 1. The van der Waals surface area contributed by atoms with E-state index in [1.54, 1.807) is 0 Å². The van der Waals surface area contributed by atoms with Crippen LogP contribution in [0.1, 0.15) is 24.8 Å². The molecule has 2 rings (SSSR count).